The van der Waals surface area contributed by atoms with E-state index in [1.54, 1.807) is 12.1 Å². The summed E-state index contributed by atoms with van der Waals surface area (Å²) in [7, 11) is 0. The van der Waals surface area contributed by atoms with E-state index in [4.69, 9.17) is 9.47 Å². The summed E-state index contributed by atoms with van der Waals surface area (Å²) in [5.74, 6) is -2.12. The highest BCUT2D eigenvalue weighted by molar-refractivity contribution is 5.66. The molecule has 1 heterocycles. The van der Waals surface area contributed by atoms with Crippen molar-refractivity contribution in [3.8, 4) is 16.9 Å². The molecular formula is C24H29F3O2. The van der Waals surface area contributed by atoms with Crippen LogP contribution in [0.25, 0.3) is 11.1 Å². The van der Waals surface area contributed by atoms with Crippen LogP contribution in [-0.2, 0) is 4.74 Å². The molecule has 0 amide bonds. The summed E-state index contributed by atoms with van der Waals surface area (Å²) in [6, 6.07) is 7.31. The Morgan fingerprint density at radius 3 is 2.48 bits per heavy atom. The van der Waals surface area contributed by atoms with Crippen molar-refractivity contribution < 1.29 is 22.6 Å². The van der Waals surface area contributed by atoms with Gasteiger partial charge in [-0.3, -0.25) is 0 Å². The standard InChI is InChI=1S/C24H29F3O2/c1-3-5-6-16-7-11-21(29-15-16)19-9-8-17(14-20(19)25)18-10-12-22(28-13-4-2)24(27)23(18)26/h8-10,12,14,16,21H,3-7,11,13,15H2,1-2H3. The molecule has 2 aromatic carbocycles. The summed E-state index contributed by atoms with van der Waals surface area (Å²) >= 11 is 0. The van der Waals surface area contributed by atoms with Crippen LogP contribution in [0.1, 0.15) is 64.0 Å². The molecule has 0 aliphatic carbocycles. The molecule has 29 heavy (non-hydrogen) atoms. The van der Waals surface area contributed by atoms with Crippen molar-refractivity contribution in [2.45, 2.75) is 58.5 Å². The third-order valence-corrected chi connectivity index (χ3v) is 5.50. The van der Waals surface area contributed by atoms with Crippen LogP contribution in [0, 0.1) is 23.4 Å². The normalized spacial score (nSPS) is 19.3. The Hall–Kier alpha value is -2.01. The first-order valence-electron chi connectivity index (χ1n) is 10.6. The van der Waals surface area contributed by atoms with E-state index in [0.29, 0.717) is 36.7 Å². The molecule has 158 valence electrons. The molecule has 2 aromatic rings. The molecule has 2 atom stereocenters. The third-order valence-electron chi connectivity index (χ3n) is 5.50. The van der Waals surface area contributed by atoms with Crippen LogP contribution < -0.4 is 4.74 Å². The molecule has 2 nitrogen and oxygen atoms in total. The lowest BCUT2D eigenvalue weighted by molar-refractivity contribution is -0.0214. The van der Waals surface area contributed by atoms with Crippen LogP contribution in [0.5, 0.6) is 5.75 Å². The van der Waals surface area contributed by atoms with Gasteiger partial charge >= 0.3 is 0 Å². The van der Waals surface area contributed by atoms with Crippen molar-refractivity contribution >= 4 is 0 Å². The maximum atomic E-state index is 14.8. The predicted octanol–water partition coefficient (Wildman–Crippen LogP) is 7.22. The zero-order valence-electron chi connectivity index (χ0n) is 17.1. The van der Waals surface area contributed by atoms with E-state index < -0.39 is 17.5 Å². The van der Waals surface area contributed by atoms with Crippen molar-refractivity contribution in [1.29, 1.82) is 0 Å². The Balaban J connectivity index is 1.74. The maximum absolute atomic E-state index is 14.8. The molecule has 1 fully saturated rings. The minimum absolute atomic E-state index is 0.0148. The van der Waals surface area contributed by atoms with E-state index in [1.807, 2.05) is 6.92 Å². The third kappa shape index (κ3) is 5.13. The predicted molar refractivity (Wildman–Crippen MR) is 108 cm³/mol. The second-order valence-electron chi connectivity index (χ2n) is 7.73. The zero-order valence-corrected chi connectivity index (χ0v) is 17.1. The lowest BCUT2D eigenvalue weighted by Gasteiger charge is -2.29. The highest BCUT2D eigenvalue weighted by Crippen LogP contribution is 2.36. The number of hydrogen-bond acceptors (Lipinski definition) is 2. The van der Waals surface area contributed by atoms with Crippen molar-refractivity contribution in [3.63, 3.8) is 0 Å². The molecule has 3 rings (SSSR count). The van der Waals surface area contributed by atoms with E-state index in [1.165, 1.54) is 31.0 Å². The number of hydrogen-bond donors (Lipinski definition) is 0. The Morgan fingerprint density at radius 1 is 1.00 bits per heavy atom. The number of benzene rings is 2. The molecule has 1 aliphatic heterocycles. The van der Waals surface area contributed by atoms with Gasteiger partial charge < -0.3 is 9.47 Å². The Morgan fingerprint density at radius 2 is 1.83 bits per heavy atom. The SMILES string of the molecule is CCCCC1CCC(c2ccc(-c3ccc(OCCC)c(F)c3F)cc2F)OC1. The number of halogens is 3. The molecule has 2 unspecified atom stereocenters. The first kappa shape index (κ1) is 21.7. The molecule has 5 heteroatoms. The fraction of sp³-hybridized carbons (Fsp3) is 0.500. The number of rotatable bonds is 8. The van der Waals surface area contributed by atoms with Gasteiger partial charge in [-0.25, -0.2) is 8.78 Å². The van der Waals surface area contributed by atoms with Crippen molar-refractivity contribution in [1.82, 2.24) is 0 Å². The van der Waals surface area contributed by atoms with Gasteiger partial charge in [0.05, 0.1) is 19.3 Å². The fourth-order valence-electron chi connectivity index (χ4n) is 3.81. The van der Waals surface area contributed by atoms with Gasteiger partial charge in [-0.1, -0.05) is 38.8 Å². The minimum atomic E-state index is -1.05. The van der Waals surface area contributed by atoms with Crippen molar-refractivity contribution in [2.75, 3.05) is 13.2 Å². The van der Waals surface area contributed by atoms with Gasteiger partial charge in [0, 0.05) is 11.1 Å². The van der Waals surface area contributed by atoms with E-state index in [2.05, 4.69) is 6.92 Å². The van der Waals surface area contributed by atoms with Gasteiger partial charge in [0.15, 0.2) is 11.6 Å². The molecule has 0 N–H and O–H groups in total. The van der Waals surface area contributed by atoms with Gasteiger partial charge in [-0.05, 0) is 55.4 Å². The summed E-state index contributed by atoms with van der Waals surface area (Å²) in [6.07, 6.45) is 5.70. The van der Waals surface area contributed by atoms with Crippen molar-refractivity contribution in [3.05, 3.63) is 53.3 Å². The fourth-order valence-corrected chi connectivity index (χ4v) is 3.81. The lowest BCUT2D eigenvalue weighted by atomic mass is 9.90. The second kappa shape index (κ2) is 10.1. The molecule has 0 bridgehead atoms. The van der Waals surface area contributed by atoms with Crippen LogP contribution in [0.3, 0.4) is 0 Å². The van der Waals surface area contributed by atoms with Crippen LogP contribution in [0.15, 0.2) is 30.3 Å². The summed E-state index contributed by atoms with van der Waals surface area (Å²) < 4.78 is 54.6. The van der Waals surface area contributed by atoms with Crippen LogP contribution in [-0.4, -0.2) is 13.2 Å². The number of ether oxygens (including phenoxy) is 2. The van der Waals surface area contributed by atoms with Gasteiger partial charge in [-0.15, -0.1) is 0 Å². The minimum Gasteiger partial charge on any atom is -0.490 e. The van der Waals surface area contributed by atoms with Gasteiger partial charge in [0.2, 0.25) is 5.82 Å². The topological polar surface area (TPSA) is 18.5 Å². The molecule has 1 aliphatic rings. The highest BCUT2D eigenvalue weighted by Gasteiger charge is 2.25. The zero-order chi connectivity index (χ0) is 20.8. The summed E-state index contributed by atoms with van der Waals surface area (Å²) in [5, 5.41) is 0. The molecule has 0 aromatic heterocycles. The first-order valence-corrected chi connectivity index (χ1v) is 10.6. The van der Waals surface area contributed by atoms with Gasteiger partial charge in [-0.2, -0.15) is 4.39 Å². The largest absolute Gasteiger partial charge is 0.490 e. The van der Waals surface area contributed by atoms with Crippen LogP contribution in [0.2, 0.25) is 0 Å². The van der Waals surface area contributed by atoms with Crippen molar-refractivity contribution in [2.24, 2.45) is 5.92 Å². The van der Waals surface area contributed by atoms with Gasteiger partial charge in [0.1, 0.15) is 5.82 Å². The van der Waals surface area contributed by atoms with Crippen LogP contribution >= 0.6 is 0 Å². The second-order valence-corrected chi connectivity index (χ2v) is 7.73. The van der Waals surface area contributed by atoms with Gasteiger partial charge in [0.25, 0.3) is 0 Å². The average Bonchev–Trinajstić information content (AvgIpc) is 2.74. The first-order chi connectivity index (χ1) is 14.0. The Kier molecular flexibility index (Phi) is 7.59. The van der Waals surface area contributed by atoms with Crippen LogP contribution in [0.4, 0.5) is 13.2 Å². The maximum Gasteiger partial charge on any atom is 0.201 e. The molecule has 0 spiro atoms. The monoisotopic (exact) mass is 406 g/mol. The molecule has 0 saturated carbocycles. The summed E-state index contributed by atoms with van der Waals surface area (Å²) in [5.41, 5.74) is 0.786. The Bertz CT molecular complexity index is 814. The van der Waals surface area contributed by atoms with E-state index in [0.717, 1.165) is 19.3 Å². The average molecular weight is 406 g/mol. The summed E-state index contributed by atoms with van der Waals surface area (Å²) in [6.45, 7) is 5.00. The molecule has 0 radical (unpaired) electrons. The molecule has 1 saturated heterocycles. The number of unbranched alkanes of at least 4 members (excludes halogenated alkanes) is 1. The van der Waals surface area contributed by atoms with E-state index in [9.17, 15) is 13.2 Å². The summed E-state index contributed by atoms with van der Waals surface area (Å²) in [4.78, 5) is 0. The quantitative estimate of drug-likeness (QED) is 0.461. The Labute approximate surface area is 171 Å². The highest BCUT2D eigenvalue weighted by atomic mass is 19.2. The smallest absolute Gasteiger partial charge is 0.201 e. The lowest BCUT2D eigenvalue weighted by Crippen LogP contribution is -2.21. The molecular weight excluding hydrogens is 377 g/mol. The van der Waals surface area contributed by atoms with E-state index in [-0.39, 0.29) is 17.4 Å². The van der Waals surface area contributed by atoms with E-state index >= 15 is 0 Å².